The molecule has 8 heteroatoms. The highest BCUT2D eigenvalue weighted by atomic mass is 16.4. The summed E-state index contributed by atoms with van der Waals surface area (Å²) in [5.74, 6) is 0.0500. The molecule has 8 nitrogen and oxygen atoms in total. The number of nitrogens with one attached hydrogen (secondary N) is 2. The average Bonchev–Trinajstić information content (AvgIpc) is 3.36. The minimum atomic E-state index is -0.375. The number of aryl methyl sites for hydroxylation is 3. The van der Waals surface area contributed by atoms with Gasteiger partial charge in [0, 0.05) is 42.6 Å². The number of para-hydroxylation sites is 1. The van der Waals surface area contributed by atoms with Crippen molar-refractivity contribution in [3.05, 3.63) is 71.7 Å². The van der Waals surface area contributed by atoms with Crippen LogP contribution in [0.15, 0.2) is 59.1 Å². The van der Waals surface area contributed by atoms with Gasteiger partial charge in [0.05, 0.1) is 5.56 Å². The minimum absolute atomic E-state index is 0.103. The molecule has 30 heavy (non-hydrogen) atoms. The van der Waals surface area contributed by atoms with E-state index in [0.717, 1.165) is 22.0 Å². The van der Waals surface area contributed by atoms with Gasteiger partial charge < -0.3 is 8.98 Å². The molecule has 0 unspecified atom stereocenters. The van der Waals surface area contributed by atoms with Gasteiger partial charge in [-0.3, -0.25) is 20.4 Å². The Labute approximate surface area is 172 Å². The molecule has 0 aliphatic carbocycles. The molecule has 152 valence electrons. The Morgan fingerprint density at radius 2 is 1.80 bits per heavy atom. The second-order valence-electron chi connectivity index (χ2n) is 7.04. The van der Waals surface area contributed by atoms with E-state index in [0.29, 0.717) is 17.3 Å². The zero-order valence-corrected chi connectivity index (χ0v) is 16.7. The van der Waals surface area contributed by atoms with Crippen LogP contribution < -0.4 is 10.9 Å². The maximum atomic E-state index is 12.5. The van der Waals surface area contributed by atoms with Gasteiger partial charge in [-0.1, -0.05) is 35.9 Å². The van der Waals surface area contributed by atoms with E-state index in [1.54, 1.807) is 6.20 Å². The number of nitrogens with zero attached hydrogens (tertiary/aromatic N) is 3. The number of carbonyl (C=O) groups excluding carboxylic acids is 2. The Kier molecular flexibility index (Phi) is 5.30. The van der Waals surface area contributed by atoms with Gasteiger partial charge in [0.1, 0.15) is 0 Å². The summed E-state index contributed by atoms with van der Waals surface area (Å²) in [5.41, 5.74) is 8.29. The number of hydrazine groups is 1. The molecule has 4 rings (SSSR count). The average molecular weight is 403 g/mol. The topological polar surface area (TPSA) is 102 Å². The van der Waals surface area contributed by atoms with E-state index in [2.05, 4.69) is 21.0 Å². The molecule has 0 radical (unpaired) electrons. The summed E-state index contributed by atoms with van der Waals surface area (Å²) in [6.45, 7) is 2.00. The zero-order valence-electron chi connectivity index (χ0n) is 16.7. The minimum Gasteiger partial charge on any atom is -0.421 e. The summed E-state index contributed by atoms with van der Waals surface area (Å²) in [6.07, 6.45) is 2.11. The van der Waals surface area contributed by atoms with Crippen molar-refractivity contribution in [2.24, 2.45) is 7.05 Å². The van der Waals surface area contributed by atoms with Gasteiger partial charge in [0.25, 0.3) is 5.91 Å². The van der Waals surface area contributed by atoms with Crippen LogP contribution in [-0.2, 0) is 18.3 Å². The van der Waals surface area contributed by atoms with Crippen LogP contribution in [0.25, 0.3) is 22.4 Å². The lowest BCUT2D eigenvalue weighted by molar-refractivity contribution is -0.121. The van der Waals surface area contributed by atoms with Crippen LogP contribution in [0.3, 0.4) is 0 Å². The van der Waals surface area contributed by atoms with Crippen molar-refractivity contribution < 1.29 is 14.0 Å². The molecular formula is C22H21N5O3. The lowest BCUT2D eigenvalue weighted by Gasteiger charge is -2.06. The van der Waals surface area contributed by atoms with Crippen molar-refractivity contribution in [1.82, 2.24) is 25.6 Å². The number of hydrogen-bond acceptors (Lipinski definition) is 5. The summed E-state index contributed by atoms with van der Waals surface area (Å²) in [7, 11) is 1.87. The monoisotopic (exact) mass is 403 g/mol. The summed E-state index contributed by atoms with van der Waals surface area (Å²) in [4.78, 5) is 24.6. The lowest BCUT2D eigenvalue weighted by atomic mass is 10.1. The summed E-state index contributed by atoms with van der Waals surface area (Å²) in [5, 5.41) is 8.82. The van der Waals surface area contributed by atoms with Gasteiger partial charge in [-0.05, 0) is 25.1 Å². The predicted octanol–water partition coefficient (Wildman–Crippen LogP) is 2.93. The second kappa shape index (κ2) is 8.20. The van der Waals surface area contributed by atoms with Crippen LogP contribution in [-0.4, -0.2) is 26.6 Å². The van der Waals surface area contributed by atoms with Crippen LogP contribution in [0.4, 0.5) is 0 Å². The molecule has 0 fully saturated rings. The van der Waals surface area contributed by atoms with Gasteiger partial charge in [0.2, 0.25) is 17.7 Å². The highest BCUT2D eigenvalue weighted by Crippen LogP contribution is 2.20. The molecule has 0 aliphatic heterocycles. The quantitative estimate of drug-likeness (QED) is 0.499. The molecule has 4 aromatic rings. The van der Waals surface area contributed by atoms with E-state index < -0.39 is 0 Å². The number of rotatable bonds is 5. The highest BCUT2D eigenvalue weighted by molar-refractivity contribution is 6.07. The number of benzene rings is 2. The largest absolute Gasteiger partial charge is 0.421 e. The summed E-state index contributed by atoms with van der Waals surface area (Å²) >= 11 is 0. The fourth-order valence-electron chi connectivity index (χ4n) is 3.17. The van der Waals surface area contributed by atoms with Gasteiger partial charge in [-0.2, -0.15) is 0 Å². The maximum absolute atomic E-state index is 12.5. The number of amides is 2. The fourth-order valence-corrected chi connectivity index (χ4v) is 3.17. The first-order chi connectivity index (χ1) is 14.5. The molecule has 0 saturated heterocycles. The zero-order chi connectivity index (χ0) is 21.1. The third kappa shape index (κ3) is 4.07. The fraction of sp³-hybridized carbons (Fsp3) is 0.182. The van der Waals surface area contributed by atoms with Crippen molar-refractivity contribution in [2.45, 2.75) is 19.8 Å². The highest BCUT2D eigenvalue weighted by Gasteiger charge is 2.15. The van der Waals surface area contributed by atoms with Crippen LogP contribution >= 0.6 is 0 Å². The Balaban J connectivity index is 1.31. The number of aromatic nitrogens is 3. The van der Waals surface area contributed by atoms with Gasteiger partial charge in [-0.25, -0.2) is 0 Å². The molecule has 0 bridgehead atoms. The van der Waals surface area contributed by atoms with Crippen LogP contribution in [0, 0.1) is 6.92 Å². The van der Waals surface area contributed by atoms with Gasteiger partial charge >= 0.3 is 0 Å². The Hall–Kier alpha value is -3.94. The molecule has 0 atom stereocenters. The smallest absolute Gasteiger partial charge is 0.271 e. The third-order valence-corrected chi connectivity index (χ3v) is 4.79. The molecule has 2 amide bonds. The van der Waals surface area contributed by atoms with E-state index in [4.69, 9.17) is 4.42 Å². The maximum Gasteiger partial charge on any atom is 0.271 e. The summed E-state index contributed by atoms with van der Waals surface area (Å²) < 4.78 is 7.48. The standard InChI is InChI=1S/C22H21N5O3/c1-14-7-9-15(10-8-14)22-26-24-20(30-22)12-11-19(28)23-25-21(29)17-13-27(2)18-6-4-3-5-16(17)18/h3-10,13H,11-12H2,1-2H3,(H,23,28)(H,25,29). The lowest BCUT2D eigenvalue weighted by Crippen LogP contribution is -2.41. The van der Waals surface area contributed by atoms with Crippen molar-refractivity contribution in [3.63, 3.8) is 0 Å². The first kappa shape index (κ1) is 19.4. The first-order valence-electron chi connectivity index (χ1n) is 9.54. The number of hydrogen-bond donors (Lipinski definition) is 2. The predicted molar refractivity (Wildman–Crippen MR) is 111 cm³/mol. The third-order valence-electron chi connectivity index (χ3n) is 4.79. The molecule has 2 aromatic carbocycles. The van der Waals surface area contributed by atoms with Gasteiger partial charge in [-0.15, -0.1) is 10.2 Å². The van der Waals surface area contributed by atoms with E-state index in [1.807, 2.05) is 67.1 Å². The van der Waals surface area contributed by atoms with E-state index in [1.165, 1.54) is 0 Å². The number of carbonyl (C=O) groups is 2. The SMILES string of the molecule is Cc1ccc(-c2nnc(CCC(=O)NNC(=O)c3cn(C)c4ccccc34)o2)cc1. The molecule has 0 spiro atoms. The van der Waals surface area contributed by atoms with Crippen molar-refractivity contribution in [3.8, 4) is 11.5 Å². The van der Waals surface area contributed by atoms with E-state index in [9.17, 15) is 9.59 Å². The first-order valence-corrected chi connectivity index (χ1v) is 9.54. The molecular weight excluding hydrogens is 382 g/mol. The second-order valence-corrected chi connectivity index (χ2v) is 7.04. The van der Waals surface area contributed by atoms with Crippen molar-refractivity contribution in [1.29, 1.82) is 0 Å². The van der Waals surface area contributed by atoms with E-state index in [-0.39, 0.29) is 24.7 Å². The molecule has 0 aliphatic rings. The molecule has 0 saturated carbocycles. The van der Waals surface area contributed by atoms with Crippen LogP contribution in [0.1, 0.15) is 28.2 Å². The Morgan fingerprint density at radius 3 is 2.60 bits per heavy atom. The number of fused-ring (bicyclic) bond motifs is 1. The molecule has 2 N–H and O–H groups in total. The van der Waals surface area contributed by atoms with Gasteiger partial charge in [0.15, 0.2) is 0 Å². The normalized spacial score (nSPS) is 10.9. The molecule has 2 heterocycles. The van der Waals surface area contributed by atoms with Crippen molar-refractivity contribution in [2.75, 3.05) is 0 Å². The van der Waals surface area contributed by atoms with Crippen LogP contribution in [0.2, 0.25) is 0 Å². The summed E-state index contributed by atoms with van der Waals surface area (Å²) in [6, 6.07) is 15.3. The Morgan fingerprint density at radius 1 is 1.03 bits per heavy atom. The van der Waals surface area contributed by atoms with Crippen LogP contribution in [0.5, 0.6) is 0 Å². The Bertz CT molecular complexity index is 1210. The van der Waals surface area contributed by atoms with E-state index >= 15 is 0 Å². The molecule has 2 aromatic heterocycles. The van der Waals surface area contributed by atoms with Crippen molar-refractivity contribution >= 4 is 22.7 Å².